The molecule has 0 bridgehead atoms. The number of benzene rings is 1. The van der Waals surface area contributed by atoms with Gasteiger partial charge < -0.3 is 4.74 Å². The minimum absolute atomic E-state index is 0.120. The molecule has 2 aromatic rings. The van der Waals surface area contributed by atoms with Gasteiger partial charge in [-0.05, 0) is 18.2 Å². The summed E-state index contributed by atoms with van der Waals surface area (Å²) in [5.74, 6) is -1.29. The van der Waals surface area contributed by atoms with Crippen LogP contribution in [0.25, 0.3) is 0 Å². The van der Waals surface area contributed by atoms with Crippen molar-refractivity contribution in [2.45, 2.75) is 0 Å². The van der Waals surface area contributed by atoms with E-state index in [1.165, 1.54) is 19.2 Å². The quantitative estimate of drug-likeness (QED) is 0.874. The number of halogens is 2. The Morgan fingerprint density at radius 1 is 1.35 bits per heavy atom. The molecule has 0 fully saturated rings. The smallest absolute Gasteiger partial charge is 0.377 e. The fourth-order valence-electron chi connectivity index (χ4n) is 1.28. The summed E-state index contributed by atoms with van der Waals surface area (Å²) in [6.07, 6.45) is 0. The van der Waals surface area contributed by atoms with Crippen LogP contribution < -0.4 is 5.32 Å². The zero-order valence-electron chi connectivity index (χ0n) is 10.0. The van der Waals surface area contributed by atoms with Crippen molar-refractivity contribution >= 4 is 51.7 Å². The van der Waals surface area contributed by atoms with Gasteiger partial charge in [0.05, 0.1) is 17.7 Å². The highest BCUT2D eigenvalue weighted by Gasteiger charge is 2.16. The standard InChI is InChI=1S/C11H7Cl2N3O3S/c1-19-10(18)8-14-11(20-16-8)15-9(17)6-4-5(12)2-3-7(6)13/h2-4H,1H3,(H,14,15,16,17). The third kappa shape index (κ3) is 3.24. The normalized spacial score (nSPS) is 10.2. The Kier molecular flexibility index (Phi) is 4.53. The summed E-state index contributed by atoms with van der Waals surface area (Å²) in [4.78, 5) is 27.0. The topological polar surface area (TPSA) is 81.2 Å². The van der Waals surface area contributed by atoms with Crippen molar-refractivity contribution in [1.82, 2.24) is 9.36 Å². The van der Waals surface area contributed by atoms with E-state index in [1.54, 1.807) is 6.07 Å². The lowest BCUT2D eigenvalue weighted by Crippen LogP contribution is -2.12. The van der Waals surface area contributed by atoms with Crippen LogP contribution in [0.15, 0.2) is 18.2 Å². The molecule has 1 amide bonds. The Balaban J connectivity index is 2.17. The number of amides is 1. The van der Waals surface area contributed by atoms with Gasteiger partial charge in [-0.1, -0.05) is 23.2 Å². The molecule has 2 rings (SSSR count). The van der Waals surface area contributed by atoms with Crippen LogP contribution in [0.1, 0.15) is 21.0 Å². The maximum atomic E-state index is 12.0. The first-order valence-corrected chi connectivity index (χ1v) is 6.72. The molecule has 9 heteroatoms. The highest BCUT2D eigenvalue weighted by molar-refractivity contribution is 7.10. The van der Waals surface area contributed by atoms with Crippen LogP contribution in [0.5, 0.6) is 0 Å². The van der Waals surface area contributed by atoms with Gasteiger partial charge in [0.25, 0.3) is 11.7 Å². The number of hydrogen-bond acceptors (Lipinski definition) is 6. The number of anilines is 1. The average molecular weight is 332 g/mol. The number of esters is 1. The van der Waals surface area contributed by atoms with Crippen molar-refractivity contribution in [1.29, 1.82) is 0 Å². The molecule has 1 N–H and O–H groups in total. The third-order valence-corrected chi connectivity index (χ3v) is 3.38. The molecule has 0 aliphatic heterocycles. The van der Waals surface area contributed by atoms with E-state index in [-0.39, 0.29) is 21.5 Å². The Morgan fingerprint density at radius 2 is 2.10 bits per heavy atom. The van der Waals surface area contributed by atoms with Crippen molar-refractivity contribution in [3.05, 3.63) is 39.6 Å². The molecule has 20 heavy (non-hydrogen) atoms. The van der Waals surface area contributed by atoms with Gasteiger partial charge in [-0.3, -0.25) is 10.1 Å². The van der Waals surface area contributed by atoms with E-state index in [0.29, 0.717) is 5.02 Å². The van der Waals surface area contributed by atoms with Gasteiger partial charge in [-0.2, -0.15) is 9.36 Å². The number of aromatic nitrogens is 2. The van der Waals surface area contributed by atoms with Crippen LogP contribution in [0.4, 0.5) is 5.13 Å². The fourth-order valence-corrected chi connectivity index (χ4v) is 2.21. The van der Waals surface area contributed by atoms with Crippen LogP contribution in [0.3, 0.4) is 0 Å². The zero-order chi connectivity index (χ0) is 14.7. The molecular formula is C11H7Cl2N3O3S. The second-order valence-electron chi connectivity index (χ2n) is 3.49. The zero-order valence-corrected chi connectivity index (χ0v) is 12.3. The van der Waals surface area contributed by atoms with E-state index in [1.807, 2.05) is 0 Å². The molecule has 1 heterocycles. The van der Waals surface area contributed by atoms with E-state index >= 15 is 0 Å². The van der Waals surface area contributed by atoms with E-state index in [4.69, 9.17) is 23.2 Å². The van der Waals surface area contributed by atoms with E-state index in [0.717, 1.165) is 11.5 Å². The predicted octanol–water partition coefficient (Wildman–Crippen LogP) is 2.88. The molecule has 0 radical (unpaired) electrons. The molecule has 0 aliphatic rings. The summed E-state index contributed by atoms with van der Waals surface area (Å²) in [5.41, 5.74) is 0.203. The van der Waals surface area contributed by atoms with Gasteiger partial charge in [-0.15, -0.1) is 0 Å². The van der Waals surface area contributed by atoms with Gasteiger partial charge in [0.2, 0.25) is 5.13 Å². The molecule has 1 aromatic carbocycles. The summed E-state index contributed by atoms with van der Waals surface area (Å²) in [6.45, 7) is 0. The lowest BCUT2D eigenvalue weighted by molar-refractivity contribution is 0.0588. The Bertz CT molecular complexity index is 675. The molecule has 0 saturated heterocycles. The lowest BCUT2D eigenvalue weighted by atomic mass is 10.2. The number of methoxy groups -OCH3 is 1. The number of carbonyl (C=O) groups excluding carboxylic acids is 2. The highest BCUT2D eigenvalue weighted by atomic mass is 35.5. The van der Waals surface area contributed by atoms with Gasteiger partial charge >= 0.3 is 5.97 Å². The van der Waals surface area contributed by atoms with E-state index in [2.05, 4.69) is 19.4 Å². The van der Waals surface area contributed by atoms with Crippen LogP contribution in [-0.2, 0) is 4.74 Å². The number of nitrogens with zero attached hydrogens (tertiary/aromatic N) is 2. The van der Waals surface area contributed by atoms with Gasteiger partial charge in [-0.25, -0.2) is 4.79 Å². The highest BCUT2D eigenvalue weighted by Crippen LogP contribution is 2.22. The maximum absolute atomic E-state index is 12.0. The van der Waals surface area contributed by atoms with Crippen LogP contribution >= 0.6 is 34.7 Å². The maximum Gasteiger partial charge on any atom is 0.377 e. The fraction of sp³-hybridized carbons (Fsp3) is 0.0909. The minimum Gasteiger partial charge on any atom is -0.463 e. The van der Waals surface area contributed by atoms with Crippen molar-refractivity contribution in [3.63, 3.8) is 0 Å². The molecule has 6 nitrogen and oxygen atoms in total. The Morgan fingerprint density at radius 3 is 2.80 bits per heavy atom. The van der Waals surface area contributed by atoms with E-state index in [9.17, 15) is 9.59 Å². The number of hydrogen-bond donors (Lipinski definition) is 1. The van der Waals surface area contributed by atoms with Crippen molar-refractivity contribution in [3.8, 4) is 0 Å². The first kappa shape index (κ1) is 14.7. The third-order valence-electron chi connectivity index (χ3n) is 2.19. The molecular weight excluding hydrogens is 325 g/mol. The van der Waals surface area contributed by atoms with Gasteiger partial charge in [0, 0.05) is 16.6 Å². The van der Waals surface area contributed by atoms with Crippen LogP contribution in [0.2, 0.25) is 10.0 Å². The number of ether oxygens (including phenoxy) is 1. The average Bonchev–Trinajstić information content (AvgIpc) is 2.89. The van der Waals surface area contributed by atoms with E-state index < -0.39 is 11.9 Å². The van der Waals surface area contributed by atoms with Crippen molar-refractivity contribution < 1.29 is 14.3 Å². The number of carbonyl (C=O) groups is 2. The number of rotatable bonds is 3. The predicted molar refractivity (Wildman–Crippen MR) is 75.7 cm³/mol. The Hall–Kier alpha value is -1.70. The van der Waals surface area contributed by atoms with Crippen LogP contribution in [0, 0.1) is 0 Å². The second-order valence-corrected chi connectivity index (χ2v) is 5.09. The molecule has 0 unspecified atom stereocenters. The lowest BCUT2D eigenvalue weighted by Gasteiger charge is -2.03. The molecule has 0 saturated carbocycles. The SMILES string of the molecule is COC(=O)c1nsc(NC(=O)c2cc(Cl)ccc2Cl)n1. The monoisotopic (exact) mass is 331 g/mol. The minimum atomic E-state index is -0.678. The number of nitrogens with one attached hydrogen (secondary N) is 1. The van der Waals surface area contributed by atoms with Gasteiger partial charge in [0.1, 0.15) is 0 Å². The largest absolute Gasteiger partial charge is 0.463 e. The summed E-state index contributed by atoms with van der Waals surface area (Å²) < 4.78 is 8.22. The summed E-state index contributed by atoms with van der Waals surface area (Å²) in [7, 11) is 1.22. The van der Waals surface area contributed by atoms with Crippen molar-refractivity contribution in [2.75, 3.05) is 12.4 Å². The molecule has 0 aliphatic carbocycles. The molecule has 0 atom stereocenters. The molecule has 1 aromatic heterocycles. The Labute approximate surface area is 127 Å². The summed E-state index contributed by atoms with van der Waals surface area (Å²) in [6, 6.07) is 4.52. The second kappa shape index (κ2) is 6.17. The molecule has 104 valence electrons. The van der Waals surface area contributed by atoms with Gasteiger partial charge in [0.15, 0.2) is 0 Å². The summed E-state index contributed by atoms with van der Waals surface area (Å²) >= 11 is 12.6. The first-order valence-electron chi connectivity index (χ1n) is 5.19. The van der Waals surface area contributed by atoms with Crippen LogP contribution in [-0.4, -0.2) is 28.3 Å². The van der Waals surface area contributed by atoms with Crippen molar-refractivity contribution in [2.24, 2.45) is 0 Å². The first-order chi connectivity index (χ1) is 9.51. The summed E-state index contributed by atoms with van der Waals surface area (Å²) in [5, 5.41) is 3.28. The molecule has 0 spiro atoms.